The Morgan fingerprint density at radius 1 is 0.821 bits per heavy atom. The highest BCUT2D eigenvalue weighted by molar-refractivity contribution is 7.81. The molecule has 0 spiro atoms. The van der Waals surface area contributed by atoms with Crippen LogP contribution in [0.1, 0.15) is 0 Å². The van der Waals surface area contributed by atoms with Gasteiger partial charge in [0.2, 0.25) is 0 Å². The Labute approximate surface area is 169 Å². The van der Waals surface area contributed by atoms with E-state index in [4.69, 9.17) is 4.74 Å². The Balaban J connectivity index is 2.21. The summed E-state index contributed by atoms with van der Waals surface area (Å²) >= 11 is 0. The van der Waals surface area contributed by atoms with Gasteiger partial charge in [-0.3, -0.25) is 0 Å². The fourth-order valence-corrected chi connectivity index (χ4v) is 9.47. The zero-order valence-electron chi connectivity index (χ0n) is 16.7. The van der Waals surface area contributed by atoms with E-state index in [1.165, 1.54) is 5.19 Å². The molecule has 3 rings (SSSR count). The van der Waals surface area contributed by atoms with Crippen LogP contribution < -0.4 is 15.8 Å². The van der Waals surface area contributed by atoms with Crippen molar-refractivity contribution in [1.82, 2.24) is 0 Å². The summed E-state index contributed by atoms with van der Waals surface area (Å²) in [6.45, 7) is 5.08. The van der Waals surface area contributed by atoms with Gasteiger partial charge < -0.3 is 9.30 Å². The molecule has 0 aliphatic heterocycles. The molecule has 0 N–H and O–H groups in total. The summed E-state index contributed by atoms with van der Waals surface area (Å²) in [5, 5.41) is 4.17. The van der Waals surface area contributed by atoms with Gasteiger partial charge in [0.05, 0.1) is 6.61 Å². The topological polar surface area (TPSA) is 26.3 Å². The van der Waals surface area contributed by atoms with Gasteiger partial charge in [-0.2, -0.15) is 0 Å². The summed E-state index contributed by atoms with van der Waals surface area (Å²) in [4.78, 5) is 0. The summed E-state index contributed by atoms with van der Waals surface area (Å²) in [6.07, 6.45) is 0. The molecule has 0 heterocycles. The van der Waals surface area contributed by atoms with E-state index in [9.17, 15) is 4.57 Å². The van der Waals surface area contributed by atoms with E-state index in [2.05, 4.69) is 37.4 Å². The molecular weight excluding hydrogens is 379 g/mol. The van der Waals surface area contributed by atoms with Crippen LogP contribution in [0.5, 0.6) is 0 Å². The van der Waals surface area contributed by atoms with E-state index in [1.807, 2.05) is 72.5 Å². The maximum atomic E-state index is 14.5. The normalized spacial score (nSPS) is 12.8. The summed E-state index contributed by atoms with van der Waals surface area (Å²) in [5.41, 5.74) is 0. The lowest BCUT2D eigenvalue weighted by atomic mass is 10.4. The Bertz CT molecular complexity index is 924. The first kappa shape index (κ1) is 20.5. The van der Waals surface area contributed by atoms with E-state index in [-0.39, 0.29) is 0 Å². The van der Waals surface area contributed by atoms with Crippen LogP contribution in [0.3, 0.4) is 0 Å². The lowest BCUT2D eigenvalue weighted by Crippen LogP contribution is -2.45. The molecule has 28 heavy (non-hydrogen) atoms. The van der Waals surface area contributed by atoms with E-state index in [0.717, 1.165) is 15.8 Å². The number of hydrogen-bond acceptors (Lipinski definition) is 2. The molecule has 4 heteroatoms. The number of rotatable bonds is 7. The smallest absolute Gasteiger partial charge is 0.163 e. The first-order valence-corrected chi connectivity index (χ1v) is 14.2. The third-order valence-corrected chi connectivity index (χ3v) is 11.9. The molecule has 0 fully saturated rings. The predicted octanol–water partition coefficient (Wildman–Crippen LogP) is 4.69. The molecule has 0 bridgehead atoms. The monoisotopic (exact) mass is 406 g/mol. The number of hydrogen-bond donors (Lipinski definition) is 0. The fraction of sp³-hybridized carbons (Fsp3) is 0.167. The van der Waals surface area contributed by atoms with Crippen LogP contribution in [0.4, 0.5) is 0 Å². The summed E-state index contributed by atoms with van der Waals surface area (Å²) in [7, 11) is -3.27. The van der Waals surface area contributed by atoms with E-state index in [1.54, 1.807) is 7.11 Å². The minimum absolute atomic E-state index is 0.484. The maximum absolute atomic E-state index is 14.5. The zero-order valence-corrected chi connectivity index (χ0v) is 18.6. The van der Waals surface area contributed by atoms with Crippen molar-refractivity contribution in [2.24, 2.45) is 0 Å². The summed E-state index contributed by atoms with van der Waals surface area (Å²) in [6, 6.07) is 30.1. The predicted molar refractivity (Wildman–Crippen MR) is 123 cm³/mol. The van der Waals surface area contributed by atoms with Crippen molar-refractivity contribution < 1.29 is 9.30 Å². The van der Waals surface area contributed by atoms with Gasteiger partial charge >= 0.3 is 0 Å². The lowest BCUT2D eigenvalue weighted by Gasteiger charge is -2.28. The number of benzene rings is 3. The molecule has 3 aromatic rings. The standard InChI is InChI=1S/C24H27O2PSi/c1-26-19-24(28(2,3)23-17-11-6-12-18-23)20-27(25,21-13-7-4-8-14-21)22-15-9-5-10-16-22/h4-18,20H,19H2,1-3H3/b24-20+. The second-order valence-electron chi connectivity index (χ2n) is 7.41. The average molecular weight is 407 g/mol. The number of ether oxygens (including phenoxy) is 1. The van der Waals surface area contributed by atoms with Crippen LogP contribution in [0.25, 0.3) is 0 Å². The highest BCUT2D eigenvalue weighted by Crippen LogP contribution is 2.47. The van der Waals surface area contributed by atoms with Crippen LogP contribution in [-0.4, -0.2) is 21.8 Å². The Kier molecular flexibility index (Phi) is 6.51. The zero-order chi connectivity index (χ0) is 20.0. The van der Waals surface area contributed by atoms with E-state index in [0.29, 0.717) is 6.61 Å². The van der Waals surface area contributed by atoms with Gasteiger partial charge in [0, 0.05) is 17.7 Å². The molecule has 0 saturated heterocycles. The van der Waals surface area contributed by atoms with Crippen LogP contribution in [0, 0.1) is 0 Å². The second-order valence-corrected chi connectivity index (χ2v) is 14.5. The number of methoxy groups -OCH3 is 1. The minimum Gasteiger partial charge on any atom is -0.381 e. The van der Waals surface area contributed by atoms with Crippen LogP contribution in [0.15, 0.2) is 102 Å². The Morgan fingerprint density at radius 2 is 1.25 bits per heavy atom. The molecule has 3 aromatic carbocycles. The van der Waals surface area contributed by atoms with Crippen molar-refractivity contribution in [3.05, 3.63) is 102 Å². The van der Waals surface area contributed by atoms with Crippen molar-refractivity contribution in [2.75, 3.05) is 13.7 Å². The van der Waals surface area contributed by atoms with Gasteiger partial charge in [-0.1, -0.05) is 109 Å². The van der Waals surface area contributed by atoms with Crippen molar-refractivity contribution in [3.8, 4) is 0 Å². The van der Waals surface area contributed by atoms with Gasteiger partial charge in [-0.25, -0.2) is 0 Å². The van der Waals surface area contributed by atoms with Crippen LogP contribution in [0.2, 0.25) is 13.1 Å². The molecule has 2 nitrogen and oxygen atoms in total. The minimum atomic E-state index is -2.93. The summed E-state index contributed by atoms with van der Waals surface area (Å²) < 4.78 is 20.0. The van der Waals surface area contributed by atoms with Gasteiger partial charge in [0.15, 0.2) is 7.14 Å². The summed E-state index contributed by atoms with van der Waals surface area (Å²) in [5.74, 6) is 2.03. The third kappa shape index (κ3) is 4.28. The highest BCUT2D eigenvalue weighted by Gasteiger charge is 2.33. The van der Waals surface area contributed by atoms with Crippen LogP contribution >= 0.6 is 7.14 Å². The molecule has 144 valence electrons. The largest absolute Gasteiger partial charge is 0.381 e. The molecule has 0 unspecified atom stereocenters. The Hall–Kier alpha value is -2.19. The quantitative estimate of drug-likeness (QED) is 0.420. The van der Waals surface area contributed by atoms with Crippen molar-refractivity contribution in [2.45, 2.75) is 13.1 Å². The average Bonchev–Trinajstić information content (AvgIpc) is 2.75. The molecule has 0 atom stereocenters. The maximum Gasteiger partial charge on any atom is 0.163 e. The van der Waals surface area contributed by atoms with Gasteiger partial charge in [0.1, 0.15) is 8.07 Å². The van der Waals surface area contributed by atoms with Gasteiger partial charge in [-0.05, 0) is 11.0 Å². The highest BCUT2D eigenvalue weighted by atomic mass is 31.2. The Morgan fingerprint density at radius 3 is 1.68 bits per heavy atom. The first-order chi connectivity index (χ1) is 13.5. The van der Waals surface area contributed by atoms with Crippen molar-refractivity contribution in [3.63, 3.8) is 0 Å². The third-order valence-electron chi connectivity index (χ3n) is 5.22. The molecule has 0 aliphatic rings. The molecule has 0 aromatic heterocycles. The van der Waals surface area contributed by atoms with E-state index >= 15 is 0 Å². The SMILES string of the molecule is COC/C(=C\P(=O)(c1ccccc1)c1ccccc1)[Si](C)(C)c1ccccc1. The molecule has 0 amide bonds. The van der Waals surface area contributed by atoms with Gasteiger partial charge in [-0.15, -0.1) is 0 Å². The molecule has 0 saturated carbocycles. The molecular formula is C24H27O2PSi. The van der Waals surface area contributed by atoms with Crippen molar-refractivity contribution >= 4 is 31.0 Å². The lowest BCUT2D eigenvalue weighted by molar-refractivity contribution is 0.230. The molecule has 0 radical (unpaired) electrons. The second kappa shape index (κ2) is 8.87. The first-order valence-electron chi connectivity index (χ1n) is 9.46. The van der Waals surface area contributed by atoms with Crippen molar-refractivity contribution in [1.29, 1.82) is 0 Å². The fourth-order valence-electron chi connectivity index (χ4n) is 3.39. The van der Waals surface area contributed by atoms with Crippen LogP contribution in [-0.2, 0) is 9.30 Å². The molecule has 0 aliphatic carbocycles. The van der Waals surface area contributed by atoms with E-state index < -0.39 is 15.2 Å². The van der Waals surface area contributed by atoms with Gasteiger partial charge in [0.25, 0.3) is 0 Å².